The first-order chi connectivity index (χ1) is 13.4. The van der Waals surface area contributed by atoms with Gasteiger partial charge < -0.3 is 9.64 Å². The van der Waals surface area contributed by atoms with E-state index in [1.54, 1.807) is 11.3 Å². The number of carbonyl (C=O) groups is 1. The van der Waals surface area contributed by atoms with Crippen molar-refractivity contribution in [1.82, 2.24) is 9.88 Å². The lowest BCUT2D eigenvalue weighted by Gasteiger charge is -2.26. The lowest BCUT2D eigenvalue weighted by Crippen LogP contribution is -2.36. The number of rotatable bonds is 7. The summed E-state index contributed by atoms with van der Waals surface area (Å²) in [7, 11) is 0. The molecule has 4 nitrogen and oxygen atoms in total. The largest absolute Gasteiger partial charge is 0.486 e. The van der Waals surface area contributed by atoms with Gasteiger partial charge in [-0.25, -0.2) is 4.98 Å². The van der Waals surface area contributed by atoms with E-state index in [1.165, 1.54) is 11.1 Å². The second-order valence-corrected chi connectivity index (χ2v) is 8.10. The Morgan fingerprint density at radius 3 is 2.54 bits per heavy atom. The summed E-state index contributed by atoms with van der Waals surface area (Å²) in [6.45, 7) is 9.14. The molecule has 0 saturated heterocycles. The van der Waals surface area contributed by atoms with Gasteiger partial charge in [-0.3, -0.25) is 4.79 Å². The van der Waals surface area contributed by atoms with Crippen molar-refractivity contribution in [3.8, 4) is 5.75 Å². The minimum absolute atomic E-state index is 0.0246. The van der Waals surface area contributed by atoms with Gasteiger partial charge in [0.05, 0.1) is 12.2 Å². The summed E-state index contributed by atoms with van der Waals surface area (Å²) >= 11 is 1.56. The van der Waals surface area contributed by atoms with E-state index in [9.17, 15) is 4.79 Å². The highest BCUT2D eigenvalue weighted by molar-refractivity contribution is 7.09. The Kier molecular flexibility index (Phi) is 6.47. The molecule has 146 valence electrons. The first kappa shape index (κ1) is 20.1. The predicted octanol–water partition coefficient (Wildman–Crippen LogP) is 5.39. The number of carbonyl (C=O) groups excluding carboxylic acids is 1. The van der Waals surface area contributed by atoms with E-state index in [0.717, 1.165) is 16.5 Å². The van der Waals surface area contributed by atoms with Crippen molar-refractivity contribution in [3.05, 3.63) is 81.3 Å². The molecule has 0 atom stereocenters. The third-order valence-corrected chi connectivity index (χ3v) is 5.55. The molecule has 1 aromatic heterocycles. The van der Waals surface area contributed by atoms with Gasteiger partial charge in [-0.1, -0.05) is 24.3 Å². The minimum Gasteiger partial charge on any atom is -0.486 e. The number of amides is 1. The van der Waals surface area contributed by atoms with E-state index < -0.39 is 0 Å². The monoisotopic (exact) mass is 394 g/mol. The lowest BCUT2D eigenvalue weighted by atomic mass is 10.1. The molecule has 0 fully saturated rings. The zero-order valence-electron chi connectivity index (χ0n) is 16.8. The number of aromatic nitrogens is 1. The molecule has 5 heteroatoms. The third kappa shape index (κ3) is 4.98. The van der Waals surface area contributed by atoms with Gasteiger partial charge in [-0.2, -0.15) is 0 Å². The third-order valence-electron chi connectivity index (χ3n) is 4.68. The SMILES string of the molecule is Cc1ccc(OCc2nc(CN(C(=O)c3ccccc3)C(C)C)cs2)cc1C. The van der Waals surface area contributed by atoms with Crippen LogP contribution in [0.15, 0.2) is 53.9 Å². The summed E-state index contributed by atoms with van der Waals surface area (Å²) < 4.78 is 5.88. The number of benzene rings is 2. The summed E-state index contributed by atoms with van der Waals surface area (Å²) in [5.74, 6) is 0.874. The number of hydrogen-bond donors (Lipinski definition) is 0. The van der Waals surface area contributed by atoms with E-state index in [4.69, 9.17) is 4.74 Å². The molecule has 3 aromatic rings. The van der Waals surface area contributed by atoms with Crippen LogP contribution >= 0.6 is 11.3 Å². The summed E-state index contributed by atoms with van der Waals surface area (Å²) in [5, 5.41) is 2.91. The van der Waals surface area contributed by atoms with Crippen LogP contribution in [0.25, 0.3) is 0 Å². The number of nitrogens with zero attached hydrogens (tertiary/aromatic N) is 2. The van der Waals surface area contributed by atoms with Crippen molar-refractivity contribution in [1.29, 1.82) is 0 Å². The Hall–Kier alpha value is -2.66. The Balaban J connectivity index is 1.65. The van der Waals surface area contributed by atoms with Gasteiger partial charge in [-0.15, -0.1) is 11.3 Å². The maximum Gasteiger partial charge on any atom is 0.254 e. The van der Waals surface area contributed by atoms with Crippen LogP contribution in [0, 0.1) is 13.8 Å². The topological polar surface area (TPSA) is 42.4 Å². The van der Waals surface area contributed by atoms with Crippen LogP contribution in [-0.2, 0) is 13.2 Å². The smallest absolute Gasteiger partial charge is 0.254 e. The van der Waals surface area contributed by atoms with E-state index in [-0.39, 0.29) is 11.9 Å². The van der Waals surface area contributed by atoms with Crippen molar-refractivity contribution < 1.29 is 9.53 Å². The molecule has 1 heterocycles. The van der Waals surface area contributed by atoms with Crippen molar-refractivity contribution in [2.24, 2.45) is 0 Å². The predicted molar refractivity (Wildman–Crippen MR) is 114 cm³/mol. The molecule has 0 saturated carbocycles. The molecule has 28 heavy (non-hydrogen) atoms. The Morgan fingerprint density at radius 2 is 1.86 bits per heavy atom. The second kappa shape index (κ2) is 9.02. The van der Waals surface area contributed by atoms with E-state index in [1.807, 2.05) is 66.6 Å². The average molecular weight is 395 g/mol. The summed E-state index contributed by atoms with van der Waals surface area (Å²) in [6, 6.07) is 15.6. The molecule has 0 radical (unpaired) electrons. The van der Waals surface area contributed by atoms with Gasteiger partial charge in [0.1, 0.15) is 17.4 Å². The summed E-state index contributed by atoms with van der Waals surface area (Å²) in [4.78, 5) is 19.4. The van der Waals surface area contributed by atoms with Crippen LogP contribution in [0.5, 0.6) is 5.75 Å². The molecule has 0 aliphatic rings. The van der Waals surface area contributed by atoms with Gasteiger partial charge in [0.25, 0.3) is 5.91 Å². The fraction of sp³-hybridized carbons (Fsp3) is 0.304. The molecule has 0 aliphatic carbocycles. The molecular weight excluding hydrogens is 368 g/mol. The van der Waals surface area contributed by atoms with Crippen LogP contribution in [-0.4, -0.2) is 21.8 Å². The fourth-order valence-corrected chi connectivity index (χ4v) is 3.54. The van der Waals surface area contributed by atoms with Crippen LogP contribution in [0.4, 0.5) is 0 Å². The molecule has 3 rings (SSSR count). The normalized spacial score (nSPS) is 10.9. The zero-order valence-corrected chi connectivity index (χ0v) is 17.6. The Labute approximate surface area is 170 Å². The van der Waals surface area contributed by atoms with Crippen LogP contribution in [0.1, 0.15) is 46.0 Å². The van der Waals surface area contributed by atoms with E-state index in [2.05, 4.69) is 24.9 Å². The van der Waals surface area contributed by atoms with Crippen LogP contribution in [0.2, 0.25) is 0 Å². The van der Waals surface area contributed by atoms with Crippen molar-refractivity contribution in [2.75, 3.05) is 0 Å². The molecule has 0 aliphatic heterocycles. The van der Waals surface area contributed by atoms with Crippen LogP contribution in [0.3, 0.4) is 0 Å². The molecule has 0 spiro atoms. The fourth-order valence-electron chi connectivity index (χ4n) is 2.85. The Bertz CT molecular complexity index is 935. The lowest BCUT2D eigenvalue weighted by molar-refractivity contribution is 0.0688. The quantitative estimate of drug-likeness (QED) is 0.539. The number of thiazole rings is 1. The van der Waals surface area contributed by atoms with Crippen molar-refractivity contribution >= 4 is 17.2 Å². The average Bonchev–Trinajstić information content (AvgIpc) is 3.14. The van der Waals surface area contributed by atoms with Gasteiger partial charge >= 0.3 is 0 Å². The second-order valence-electron chi connectivity index (χ2n) is 7.16. The molecule has 0 unspecified atom stereocenters. The van der Waals surface area contributed by atoms with Gasteiger partial charge in [-0.05, 0) is 63.1 Å². The molecular formula is C23H26N2O2S. The van der Waals surface area contributed by atoms with Gasteiger partial charge in [0.15, 0.2) is 0 Å². The zero-order chi connectivity index (χ0) is 20.1. The maximum atomic E-state index is 12.8. The summed E-state index contributed by atoms with van der Waals surface area (Å²) in [5.41, 5.74) is 4.05. The minimum atomic E-state index is 0.0246. The molecule has 1 amide bonds. The van der Waals surface area contributed by atoms with Gasteiger partial charge in [0, 0.05) is 17.0 Å². The van der Waals surface area contributed by atoms with E-state index >= 15 is 0 Å². The first-order valence-corrected chi connectivity index (χ1v) is 10.3. The Morgan fingerprint density at radius 1 is 1.11 bits per heavy atom. The highest BCUT2D eigenvalue weighted by Crippen LogP contribution is 2.20. The number of hydrogen-bond acceptors (Lipinski definition) is 4. The number of ether oxygens (including phenoxy) is 1. The molecule has 2 aromatic carbocycles. The van der Waals surface area contributed by atoms with Crippen molar-refractivity contribution in [2.45, 2.75) is 46.9 Å². The number of aryl methyl sites for hydroxylation is 2. The first-order valence-electron chi connectivity index (χ1n) is 9.43. The van der Waals surface area contributed by atoms with Gasteiger partial charge in [0.2, 0.25) is 0 Å². The standard InChI is InChI=1S/C23H26N2O2S/c1-16(2)25(23(26)19-8-6-5-7-9-19)13-20-15-28-22(24-20)14-27-21-11-10-17(3)18(4)12-21/h5-12,15-16H,13-14H2,1-4H3. The molecule has 0 N–H and O–H groups in total. The van der Waals surface area contributed by atoms with Crippen LogP contribution < -0.4 is 4.74 Å². The highest BCUT2D eigenvalue weighted by atomic mass is 32.1. The summed E-state index contributed by atoms with van der Waals surface area (Å²) in [6.07, 6.45) is 0. The highest BCUT2D eigenvalue weighted by Gasteiger charge is 2.20. The van der Waals surface area contributed by atoms with Crippen molar-refractivity contribution in [3.63, 3.8) is 0 Å². The van der Waals surface area contributed by atoms with E-state index in [0.29, 0.717) is 18.7 Å². The molecule has 0 bridgehead atoms. The maximum absolute atomic E-state index is 12.8.